The number of nitrogens with zero attached hydrogens (tertiary/aromatic N) is 1. The maximum absolute atomic E-state index is 13.0. The van der Waals surface area contributed by atoms with Crippen molar-refractivity contribution in [3.05, 3.63) is 76.9 Å². The zero-order chi connectivity index (χ0) is 20.9. The molecule has 0 saturated carbocycles. The summed E-state index contributed by atoms with van der Waals surface area (Å²) < 4.78 is 34.4. The SMILES string of the molecule is O=C(O)c1ccc(CN2C(=O)c3cccc4cc(S(=O)(=O)[O-])cc(c34)C2=O)cc1.[K+]. The monoisotopic (exact) mass is 449 g/mol. The van der Waals surface area contributed by atoms with Gasteiger partial charge in [0.05, 0.1) is 17.0 Å². The number of amides is 2. The molecule has 0 bridgehead atoms. The predicted molar refractivity (Wildman–Crippen MR) is 99.5 cm³/mol. The van der Waals surface area contributed by atoms with Crippen LogP contribution in [0.4, 0.5) is 0 Å². The second kappa shape index (κ2) is 8.31. The van der Waals surface area contributed by atoms with E-state index >= 15 is 0 Å². The number of carboxylic acids is 1. The molecule has 2 amide bonds. The van der Waals surface area contributed by atoms with Crippen LogP contribution in [0.15, 0.2) is 59.5 Å². The first-order valence-electron chi connectivity index (χ1n) is 8.38. The fourth-order valence-electron chi connectivity index (χ4n) is 3.35. The van der Waals surface area contributed by atoms with E-state index in [1.807, 2.05) is 0 Å². The van der Waals surface area contributed by atoms with Crippen molar-refractivity contribution in [2.75, 3.05) is 0 Å². The fourth-order valence-corrected chi connectivity index (χ4v) is 3.89. The molecule has 3 aromatic rings. The van der Waals surface area contributed by atoms with Gasteiger partial charge in [0.1, 0.15) is 10.1 Å². The Kier molecular flexibility index (Phi) is 6.30. The Morgan fingerprint density at radius 2 is 1.60 bits per heavy atom. The van der Waals surface area contributed by atoms with Crippen LogP contribution >= 0.6 is 0 Å². The topological polar surface area (TPSA) is 132 Å². The molecule has 0 radical (unpaired) electrons. The Morgan fingerprint density at radius 1 is 0.967 bits per heavy atom. The summed E-state index contributed by atoms with van der Waals surface area (Å²) in [5.41, 5.74) is 0.744. The maximum Gasteiger partial charge on any atom is 1.00 e. The number of carbonyl (C=O) groups is 3. The first-order chi connectivity index (χ1) is 13.7. The van der Waals surface area contributed by atoms with Gasteiger partial charge in [-0.3, -0.25) is 14.5 Å². The molecule has 8 nitrogen and oxygen atoms in total. The Labute approximate surface area is 213 Å². The minimum absolute atomic E-state index is 0. The molecule has 0 unspecified atom stereocenters. The van der Waals surface area contributed by atoms with Crippen LogP contribution in [0, 0.1) is 0 Å². The molecule has 1 aliphatic heterocycles. The van der Waals surface area contributed by atoms with E-state index < -0.39 is 32.8 Å². The summed E-state index contributed by atoms with van der Waals surface area (Å²) >= 11 is 0. The standard InChI is InChI=1S/C20H13NO7S.K/c22-18-15-3-1-2-13-8-14(29(26,27)28)9-16(17(13)15)19(23)21(18)10-11-4-6-12(7-5-11)20(24)25;/h1-9H,10H2,(H,24,25)(H,26,27,28);/q;+1/p-1. The molecule has 1 aliphatic rings. The van der Waals surface area contributed by atoms with Gasteiger partial charge in [-0.2, -0.15) is 0 Å². The van der Waals surface area contributed by atoms with Gasteiger partial charge in [0.25, 0.3) is 11.8 Å². The normalized spacial score (nSPS) is 13.3. The van der Waals surface area contributed by atoms with Gasteiger partial charge in [0.15, 0.2) is 0 Å². The van der Waals surface area contributed by atoms with Crippen LogP contribution in [-0.2, 0) is 16.7 Å². The second-order valence-electron chi connectivity index (χ2n) is 6.53. The van der Waals surface area contributed by atoms with Crippen LogP contribution in [0.1, 0.15) is 36.6 Å². The first kappa shape index (κ1) is 22.8. The first-order valence-corrected chi connectivity index (χ1v) is 9.79. The molecular formula is C20H12KNO7S. The van der Waals surface area contributed by atoms with Crippen LogP contribution in [0.2, 0.25) is 0 Å². The van der Waals surface area contributed by atoms with Crippen LogP contribution in [0.5, 0.6) is 0 Å². The molecule has 0 aromatic heterocycles. The van der Waals surface area contributed by atoms with Gasteiger partial charge < -0.3 is 9.66 Å². The summed E-state index contributed by atoms with van der Waals surface area (Å²) in [5, 5.41) is 9.58. The number of hydrogen-bond donors (Lipinski definition) is 1. The van der Waals surface area contributed by atoms with Gasteiger partial charge in [0, 0.05) is 16.5 Å². The molecule has 1 N–H and O–H groups in total. The zero-order valence-electron chi connectivity index (χ0n) is 15.7. The van der Waals surface area contributed by atoms with Crippen molar-refractivity contribution in [3.8, 4) is 0 Å². The number of carbonyl (C=O) groups excluding carboxylic acids is 2. The number of hydrogen-bond acceptors (Lipinski definition) is 6. The third kappa shape index (κ3) is 3.99. The van der Waals surface area contributed by atoms with Crippen molar-refractivity contribution in [2.24, 2.45) is 0 Å². The molecule has 146 valence electrons. The zero-order valence-corrected chi connectivity index (χ0v) is 19.6. The van der Waals surface area contributed by atoms with Gasteiger partial charge in [0.2, 0.25) is 0 Å². The summed E-state index contributed by atoms with van der Waals surface area (Å²) in [4.78, 5) is 37.3. The quantitative estimate of drug-likeness (QED) is 0.315. The molecule has 0 saturated heterocycles. The van der Waals surface area contributed by atoms with Gasteiger partial charge in [-0.15, -0.1) is 0 Å². The molecule has 0 atom stereocenters. The Balaban J connectivity index is 0.00000256. The fraction of sp³-hybridized carbons (Fsp3) is 0.0500. The number of carboxylic acid groups (broad SMARTS) is 1. The molecule has 30 heavy (non-hydrogen) atoms. The van der Waals surface area contributed by atoms with Crippen molar-refractivity contribution < 1.29 is 83.8 Å². The largest absolute Gasteiger partial charge is 1.00 e. The molecule has 1 heterocycles. The summed E-state index contributed by atoms with van der Waals surface area (Å²) in [5.74, 6) is -2.40. The van der Waals surface area contributed by atoms with E-state index in [2.05, 4.69) is 0 Å². The number of aromatic carboxylic acids is 1. The average Bonchev–Trinajstić information content (AvgIpc) is 2.68. The van der Waals surface area contributed by atoms with Crippen molar-refractivity contribution >= 4 is 38.7 Å². The Morgan fingerprint density at radius 3 is 2.20 bits per heavy atom. The summed E-state index contributed by atoms with van der Waals surface area (Å²) in [6, 6.07) is 12.4. The number of imide groups is 1. The van der Waals surface area contributed by atoms with Crippen LogP contribution in [0.3, 0.4) is 0 Å². The van der Waals surface area contributed by atoms with E-state index in [4.69, 9.17) is 5.11 Å². The molecule has 0 spiro atoms. The number of benzene rings is 3. The molecule has 0 fully saturated rings. The van der Waals surface area contributed by atoms with E-state index in [0.29, 0.717) is 16.3 Å². The van der Waals surface area contributed by atoms with Crippen LogP contribution in [0.25, 0.3) is 10.8 Å². The van der Waals surface area contributed by atoms with E-state index in [-0.39, 0.29) is 74.6 Å². The third-order valence-electron chi connectivity index (χ3n) is 4.73. The van der Waals surface area contributed by atoms with Crippen LogP contribution < -0.4 is 51.4 Å². The average molecular weight is 449 g/mol. The summed E-state index contributed by atoms with van der Waals surface area (Å²) in [7, 11) is -4.80. The Bertz CT molecular complexity index is 1320. The molecule has 10 heteroatoms. The van der Waals surface area contributed by atoms with Gasteiger partial charge in [-0.25, -0.2) is 13.2 Å². The molecule has 3 aromatic carbocycles. The van der Waals surface area contributed by atoms with Gasteiger partial charge in [-0.1, -0.05) is 24.3 Å². The Hall–Kier alpha value is -1.92. The van der Waals surface area contributed by atoms with E-state index in [0.717, 1.165) is 17.0 Å². The van der Waals surface area contributed by atoms with E-state index in [1.165, 1.54) is 42.5 Å². The van der Waals surface area contributed by atoms with Gasteiger partial charge in [-0.05, 0) is 41.3 Å². The molecule has 4 rings (SSSR count). The van der Waals surface area contributed by atoms with Gasteiger partial charge >= 0.3 is 57.4 Å². The predicted octanol–water partition coefficient (Wildman–Crippen LogP) is -0.758. The van der Waals surface area contributed by atoms with Crippen molar-refractivity contribution in [1.82, 2.24) is 4.90 Å². The minimum Gasteiger partial charge on any atom is -0.744 e. The van der Waals surface area contributed by atoms with Crippen molar-refractivity contribution in [2.45, 2.75) is 11.4 Å². The smallest absolute Gasteiger partial charge is 0.744 e. The minimum atomic E-state index is -4.80. The summed E-state index contributed by atoms with van der Waals surface area (Å²) in [6.45, 7) is -0.137. The third-order valence-corrected chi connectivity index (χ3v) is 5.54. The van der Waals surface area contributed by atoms with Crippen molar-refractivity contribution in [1.29, 1.82) is 0 Å². The second-order valence-corrected chi connectivity index (χ2v) is 7.91. The van der Waals surface area contributed by atoms with Crippen LogP contribution in [-0.4, -0.2) is 40.8 Å². The maximum atomic E-state index is 13.0. The van der Waals surface area contributed by atoms with E-state index in [9.17, 15) is 27.4 Å². The molecule has 0 aliphatic carbocycles. The van der Waals surface area contributed by atoms with E-state index in [1.54, 1.807) is 0 Å². The number of rotatable bonds is 4. The van der Waals surface area contributed by atoms with Crippen molar-refractivity contribution in [3.63, 3.8) is 0 Å². The summed E-state index contributed by atoms with van der Waals surface area (Å²) in [6.07, 6.45) is 0. The molecular weight excluding hydrogens is 437 g/mol.